The van der Waals surface area contributed by atoms with Crippen molar-refractivity contribution in [3.8, 4) is 0 Å². The van der Waals surface area contributed by atoms with Crippen LogP contribution in [0.25, 0.3) is 0 Å². The number of nitrogens with zero attached hydrogens (tertiary/aromatic N) is 2. The molecular formula is C15H20N4O. The highest BCUT2D eigenvalue weighted by Gasteiger charge is 2.06. The topological polar surface area (TPSA) is 59.0 Å². The van der Waals surface area contributed by atoms with Crippen molar-refractivity contribution in [3.63, 3.8) is 0 Å². The molecule has 0 aliphatic heterocycles. The standard InChI is InChI=1S/C15H20N4O/c1-4-12-5-7-13(8-6-12)16-10-15(20)17-14-9-11(2)18-19(14)3/h5-9,16H,4,10H2,1-3H3,(H,17,20). The number of aromatic nitrogens is 2. The molecule has 20 heavy (non-hydrogen) atoms. The Bertz CT molecular complexity index is 586. The highest BCUT2D eigenvalue weighted by Crippen LogP contribution is 2.10. The minimum Gasteiger partial charge on any atom is -0.376 e. The largest absolute Gasteiger partial charge is 0.376 e. The van der Waals surface area contributed by atoms with Crippen LogP contribution < -0.4 is 10.6 Å². The molecule has 106 valence electrons. The number of anilines is 2. The molecule has 0 unspecified atom stereocenters. The number of hydrogen-bond donors (Lipinski definition) is 2. The number of amides is 1. The van der Waals surface area contributed by atoms with Crippen LogP contribution in [0.1, 0.15) is 18.2 Å². The van der Waals surface area contributed by atoms with Gasteiger partial charge in [0, 0.05) is 18.8 Å². The van der Waals surface area contributed by atoms with Gasteiger partial charge >= 0.3 is 0 Å². The Morgan fingerprint density at radius 3 is 2.55 bits per heavy atom. The summed E-state index contributed by atoms with van der Waals surface area (Å²) in [6, 6.07) is 9.93. The number of nitrogens with one attached hydrogen (secondary N) is 2. The average molecular weight is 272 g/mol. The van der Waals surface area contributed by atoms with Crippen LogP contribution in [0.3, 0.4) is 0 Å². The van der Waals surface area contributed by atoms with Crippen LogP contribution in [-0.4, -0.2) is 22.2 Å². The summed E-state index contributed by atoms with van der Waals surface area (Å²) in [6.07, 6.45) is 1.01. The van der Waals surface area contributed by atoms with Crippen LogP contribution in [0, 0.1) is 6.92 Å². The van der Waals surface area contributed by atoms with E-state index in [0.29, 0.717) is 5.82 Å². The summed E-state index contributed by atoms with van der Waals surface area (Å²) in [7, 11) is 1.81. The van der Waals surface area contributed by atoms with E-state index < -0.39 is 0 Å². The third-order valence-corrected chi connectivity index (χ3v) is 3.08. The van der Waals surface area contributed by atoms with Crippen LogP contribution in [0.15, 0.2) is 30.3 Å². The molecule has 0 fully saturated rings. The lowest BCUT2D eigenvalue weighted by atomic mass is 10.1. The summed E-state index contributed by atoms with van der Waals surface area (Å²) in [5.74, 6) is 0.614. The third kappa shape index (κ3) is 3.60. The van der Waals surface area contributed by atoms with Crippen LogP contribution in [0.2, 0.25) is 0 Å². The second-order valence-electron chi connectivity index (χ2n) is 4.75. The second kappa shape index (κ2) is 6.23. The van der Waals surface area contributed by atoms with Gasteiger partial charge in [0.25, 0.3) is 0 Å². The molecule has 5 nitrogen and oxygen atoms in total. The Balaban J connectivity index is 1.87. The SMILES string of the molecule is CCc1ccc(NCC(=O)Nc2cc(C)nn2C)cc1. The molecule has 0 aliphatic carbocycles. The number of carbonyl (C=O) groups is 1. The molecule has 0 bridgehead atoms. The summed E-state index contributed by atoms with van der Waals surface area (Å²) in [6.45, 7) is 4.24. The molecule has 1 aromatic heterocycles. The first kappa shape index (κ1) is 14.1. The molecule has 0 spiro atoms. The molecule has 0 saturated heterocycles. The van der Waals surface area contributed by atoms with E-state index >= 15 is 0 Å². The maximum absolute atomic E-state index is 11.9. The van der Waals surface area contributed by atoms with Crippen LogP contribution in [-0.2, 0) is 18.3 Å². The van der Waals surface area contributed by atoms with Crippen molar-refractivity contribution in [1.29, 1.82) is 0 Å². The molecule has 5 heteroatoms. The van der Waals surface area contributed by atoms with E-state index in [9.17, 15) is 4.79 Å². The Hall–Kier alpha value is -2.30. The fraction of sp³-hybridized carbons (Fsp3) is 0.333. The normalized spacial score (nSPS) is 10.3. The van der Waals surface area contributed by atoms with E-state index in [1.807, 2.05) is 25.1 Å². The van der Waals surface area contributed by atoms with Gasteiger partial charge < -0.3 is 10.6 Å². The van der Waals surface area contributed by atoms with Gasteiger partial charge in [-0.05, 0) is 31.0 Å². The molecular weight excluding hydrogens is 252 g/mol. The van der Waals surface area contributed by atoms with E-state index in [4.69, 9.17) is 0 Å². The zero-order valence-electron chi connectivity index (χ0n) is 12.1. The van der Waals surface area contributed by atoms with Crippen molar-refractivity contribution in [3.05, 3.63) is 41.6 Å². The lowest BCUT2D eigenvalue weighted by Crippen LogP contribution is -2.23. The van der Waals surface area contributed by atoms with Crippen LogP contribution in [0.5, 0.6) is 0 Å². The first-order valence-electron chi connectivity index (χ1n) is 6.72. The van der Waals surface area contributed by atoms with Gasteiger partial charge in [0.2, 0.25) is 5.91 Å². The lowest BCUT2D eigenvalue weighted by molar-refractivity contribution is -0.114. The van der Waals surface area contributed by atoms with E-state index in [1.165, 1.54) is 5.56 Å². The van der Waals surface area contributed by atoms with Gasteiger partial charge in [-0.3, -0.25) is 9.48 Å². The van der Waals surface area contributed by atoms with E-state index in [-0.39, 0.29) is 12.5 Å². The van der Waals surface area contributed by atoms with Crippen molar-refractivity contribution in [2.45, 2.75) is 20.3 Å². The molecule has 1 heterocycles. The van der Waals surface area contributed by atoms with Gasteiger partial charge in [0.15, 0.2) is 0 Å². The molecule has 0 atom stereocenters. The Kier molecular flexibility index (Phi) is 4.40. The Labute approximate surface area is 119 Å². The zero-order valence-corrected chi connectivity index (χ0v) is 12.1. The predicted octanol–water partition coefficient (Wildman–Crippen LogP) is 2.34. The quantitative estimate of drug-likeness (QED) is 0.878. The molecule has 0 aliphatic rings. The summed E-state index contributed by atoms with van der Waals surface area (Å²) in [4.78, 5) is 11.9. The van der Waals surface area contributed by atoms with Crippen molar-refractivity contribution in [2.24, 2.45) is 7.05 Å². The van der Waals surface area contributed by atoms with Crippen molar-refractivity contribution >= 4 is 17.4 Å². The first-order chi connectivity index (χ1) is 9.58. The summed E-state index contributed by atoms with van der Waals surface area (Å²) >= 11 is 0. The molecule has 0 radical (unpaired) electrons. The number of benzene rings is 1. The molecule has 1 amide bonds. The van der Waals surface area contributed by atoms with Gasteiger partial charge in [-0.25, -0.2) is 0 Å². The fourth-order valence-electron chi connectivity index (χ4n) is 1.96. The van der Waals surface area contributed by atoms with Gasteiger partial charge in [0.05, 0.1) is 12.2 Å². The van der Waals surface area contributed by atoms with Gasteiger partial charge in [-0.1, -0.05) is 19.1 Å². The van der Waals surface area contributed by atoms with Crippen molar-refractivity contribution in [1.82, 2.24) is 9.78 Å². The molecule has 0 saturated carbocycles. The summed E-state index contributed by atoms with van der Waals surface area (Å²) in [5.41, 5.74) is 3.11. The average Bonchev–Trinajstić information content (AvgIpc) is 2.75. The number of aryl methyl sites for hydroxylation is 3. The fourth-order valence-corrected chi connectivity index (χ4v) is 1.96. The summed E-state index contributed by atoms with van der Waals surface area (Å²) in [5, 5.41) is 10.1. The van der Waals surface area contributed by atoms with Gasteiger partial charge in [-0.2, -0.15) is 5.10 Å². The number of carbonyl (C=O) groups excluding carboxylic acids is 1. The monoisotopic (exact) mass is 272 g/mol. The first-order valence-corrected chi connectivity index (χ1v) is 6.72. The smallest absolute Gasteiger partial charge is 0.244 e. The van der Waals surface area contributed by atoms with Gasteiger partial charge in [-0.15, -0.1) is 0 Å². The van der Waals surface area contributed by atoms with Crippen LogP contribution in [0.4, 0.5) is 11.5 Å². The number of rotatable bonds is 5. The second-order valence-corrected chi connectivity index (χ2v) is 4.75. The molecule has 1 aromatic carbocycles. The molecule has 2 N–H and O–H groups in total. The highest BCUT2D eigenvalue weighted by atomic mass is 16.2. The molecule has 2 rings (SSSR count). The zero-order chi connectivity index (χ0) is 14.5. The van der Waals surface area contributed by atoms with E-state index in [0.717, 1.165) is 17.8 Å². The van der Waals surface area contributed by atoms with Crippen molar-refractivity contribution < 1.29 is 4.79 Å². The van der Waals surface area contributed by atoms with Gasteiger partial charge in [0.1, 0.15) is 5.82 Å². The Morgan fingerprint density at radius 1 is 1.30 bits per heavy atom. The minimum atomic E-state index is -0.0902. The third-order valence-electron chi connectivity index (χ3n) is 3.08. The predicted molar refractivity (Wildman–Crippen MR) is 80.9 cm³/mol. The minimum absolute atomic E-state index is 0.0902. The van der Waals surface area contributed by atoms with E-state index in [1.54, 1.807) is 11.7 Å². The Morgan fingerprint density at radius 2 is 2.00 bits per heavy atom. The highest BCUT2D eigenvalue weighted by molar-refractivity contribution is 5.93. The summed E-state index contributed by atoms with van der Waals surface area (Å²) < 4.78 is 1.66. The molecule has 2 aromatic rings. The van der Waals surface area contributed by atoms with E-state index in [2.05, 4.69) is 34.8 Å². The maximum atomic E-state index is 11.9. The van der Waals surface area contributed by atoms with Crippen molar-refractivity contribution in [2.75, 3.05) is 17.2 Å². The number of hydrogen-bond acceptors (Lipinski definition) is 3. The van der Waals surface area contributed by atoms with Crippen LogP contribution >= 0.6 is 0 Å². The maximum Gasteiger partial charge on any atom is 0.244 e. The lowest BCUT2D eigenvalue weighted by Gasteiger charge is -2.08.